The smallest absolute Gasteiger partial charge is 0.301 e. The van der Waals surface area contributed by atoms with Crippen LogP contribution in [0.4, 0.5) is 17.1 Å². The number of ether oxygens (including phenoxy) is 1. The highest BCUT2D eigenvalue weighted by Gasteiger charge is 2.19. The van der Waals surface area contributed by atoms with E-state index in [-0.39, 0.29) is 11.4 Å². The Kier molecular flexibility index (Phi) is 4.84. The molecule has 118 valence electrons. The second-order valence-corrected chi connectivity index (χ2v) is 4.59. The van der Waals surface area contributed by atoms with Crippen LogP contribution in [0, 0.1) is 20.2 Å². The molecule has 1 aromatic rings. The minimum Gasteiger partial charge on any atom is -0.378 e. The average Bonchev–Trinajstić information content (AvgIpc) is 2.53. The summed E-state index contributed by atoms with van der Waals surface area (Å²) in [6, 6.07) is 3.36. The molecule has 0 saturated carbocycles. The monoisotopic (exact) mass is 309 g/mol. The molecule has 0 spiro atoms. The van der Waals surface area contributed by atoms with Crippen LogP contribution in [0.1, 0.15) is 6.92 Å². The predicted octanol–water partition coefficient (Wildman–Crippen LogP) is 1.58. The van der Waals surface area contributed by atoms with Crippen molar-refractivity contribution in [3.63, 3.8) is 0 Å². The van der Waals surface area contributed by atoms with Crippen molar-refractivity contribution in [2.75, 3.05) is 31.7 Å². The molecule has 22 heavy (non-hydrogen) atoms. The van der Waals surface area contributed by atoms with Crippen LogP contribution >= 0.6 is 0 Å². The molecule has 0 amide bonds. The van der Waals surface area contributed by atoms with Crippen LogP contribution in [0.3, 0.4) is 0 Å². The minimum absolute atomic E-state index is 0.100. The van der Waals surface area contributed by atoms with Crippen LogP contribution in [0.2, 0.25) is 0 Å². The first-order valence-corrected chi connectivity index (χ1v) is 6.55. The first-order chi connectivity index (χ1) is 10.5. The van der Waals surface area contributed by atoms with E-state index in [0.29, 0.717) is 32.1 Å². The van der Waals surface area contributed by atoms with Gasteiger partial charge in [0.1, 0.15) is 11.5 Å². The van der Waals surface area contributed by atoms with E-state index in [1.54, 1.807) is 6.92 Å². The van der Waals surface area contributed by atoms with E-state index in [4.69, 9.17) is 4.74 Å². The molecule has 0 aliphatic carbocycles. The third-order valence-electron chi connectivity index (χ3n) is 3.20. The quantitative estimate of drug-likeness (QED) is 0.387. The molecule has 1 aromatic carbocycles. The number of nitrogens with one attached hydrogen (secondary N) is 1. The molecule has 10 nitrogen and oxygen atoms in total. The second kappa shape index (κ2) is 6.80. The molecular weight excluding hydrogens is 294 g/mol. The number of nitro benzene ring substituents is 2. The number of amidine groups is 1. The van der Waals surface area contributed by atoms with Crippen molar-refractivity contribution in [1.29, 1.82) is 0 Å². The lowest BCUT2D eigenvalue weighted by molar-refractivity contribution is -0.393. The zero-order valence-electron chi connectivity index (χ0n) is 11.9. The van der Waals surface area contributed by atoms with Gasteiger partial charge in [0.25, 0.3) is 5.69 Å². The molecule has 1 aliphatic rings. The summed E-state index contributed by atoms with van der Waals surface area (Å²) in [6.07, 6.45) is 0. The van der Waals surface area contributed by atoms with Gasteiger partial charge in [0.2, 0.25) is 0 Å². The summed E-state index contributed by atoms with van der Waals surface area (Å²) in [5.74, 6) is 0.663. The number of nitrogens with zero attached hydrogens (tertiary/aromatic N) is 4. The molecule has 10 heteroatoms. The van der Waals surface area contributed by atoms with E-state index < -0.39 is 15.5 Å². The lowest BCUT2D eigenvalue weighted by Gasteiger charge is -2.28. The zero-order valence-corrected chi connectivity index (χ0v) is 11.9. The lowest BCUT2D eigenvalue weighted by atomic mass is 10.2. The number of hydrazone groups is 1. The predicted molar refractivity (Wildman–Crippen MR) is 78.9 cm³/mol. The first kappa shape index (κ1) is 15.6. The van der Waals surface area contributed by atoms with Gasteiger partial charge in [-0.15, -0.1) is 0 Å². The molecule has 1 saturated heterocycles. The Morgan fingerprint density at radius 1 is 1.27 bits per heavy atom. The van der Waals surface area contributed by atoms with Gasteiger partial charge in [-0.3, -0.25) is 25.7 Å². The number of rotatable bonds is 4. The Morgan fingerprint density at radius 3 is 2.55 bits per heavy atom. The van der Waals surface area contributed by atoms with Crippen LogP contribution < -0.4 is 5.43 Å². The number of morpholine rings is 1. The maximum atomic E-state index is 11.0. The highest BCUT2D eigenvalue weighted by Crippen LogP contribution is 2.28. The molecule has 0 aromatic heterocycles. The van der Waals surface area contributed by atoms with Crippen LogP contribution in [-0.2, 0) is 4.74 Å². The highest BCUT2D eigenvalue weighted by atomic mass is 16.6. The Hall–Kier alpha value is -2.75. The van der Waals surface area contributed by atoms with Crippen molar-refractivity contribution in [1.82, 2.24) is 4.90 Å². The molecule has 0 atom stereocenters. The third kappa shape index (κ3) is 3.67. The van der Waals surface area contributed by atoms with E-state index in [1.165, 1.54) is 12.1 Å². The van der Waals surface area contributed by atoms with Gasteiger partial charge in [-0.2, -0.15) is 5.10 Å². The van der Waals surface area contributed by atoms with Gasteiger partial charge in [0, 0.05) is 19.2 Å². The molecular formula is C12H15N5O5. The summed E-state index contributed by atoms with van der Waals surface area (Å²) in [5, 5.41) is 25.8. The summed E-state index contributed by atoms with van der Waals surface area (Å²) >= 11 is 0. The summed E-state index contributed by atoms with van der Waals surface area (Å²) in [6.45, 7) is 4.36. The third-order valence-corrected chi connectivity index (χ3v) is 3.20. The molecule has 2 rings (SSSR count). The van der Waals surface area contributed by atoms with Crippen LogP contribution in [0.5, 0.6) is 0 Å². The molecule has 1 heterocycles. The molecule has 0 unspecified atom stereocenters. The Bertz CT molecular complexity index is 612. The van der Waals surface area contributed by atoms with Gasteiger partial charge in [-0.1, -0.05) is 0 Å². The maximum Gasteiger partial charge on any atom is 0.301 e. The van der Waals surface area contributed by atoms with E-state index in [1.807, 2.05) is 4.90 Å². The number of anilines is 1. The fraction of sp³-hybridized carbons (Fsp3) is 0.417. The molecule has 1 fully saturated rings. The largest absolute Gasteiger partial charge is 0.378 e. The van der Waals surface area contributed by atoms with Gasteiger partial charge in [-0.05, 0) is 13.0 Å². The van der Waals surface area contributed by atoms with E-state index in [9.17, 15) is 20.2 Å². The fourth-order valence-corrected chi connectivity index (χ4v) is 1.98. The highest BCUT2D eigenvalue weighted by molar-refractivity contribution is 5.81. The minimum atomic E-state index is -0.686. The fourth-order valence-electron chi connectivity index (χ4n) is 1.98. The number of hydrogen-bond donors (Lipinski definition) is 1. The van der Waals surface area contributed by atoms with Crippen molar-refractivity contribution >= 4 is 22.9 Å². The van der Waals surface area contributed by atoms with Crippen molar-refractivity contribution in [3.05, 3.63) is 38.4 Å². The summed E-state index contributed by atoms with van der Waals surface area (Å²) in [4.78, 5) is 22.3. The van der Waals surface area contributed by atoms with Crippen molar-refractivity contribution in [2.45, 2.75) is 6.92 Å². The average molecular weight is 309 g/mol. The molecule has 0 bridgehead atoms. The Labute approximate surface area is 125 Å². The number of non-ortho nitro benzene ring substituents is 1. The van der Waals surface area contributed by atoms with E-state index in [0.717, 1.165) is 6.07 Å². The van der Waals surface area contributed by atoms with Crippen molar-refractivity contribution in [3.8, 4) is 0 Å². The lowest BCUT2D eigenvalue weighted by Crippen LogP contribution is -2.39. The second-order valence-electron chi connectivity index (χ2n) is 4.59. The van der Waals surface area contributed by atoms with Crippen LogP contribution in [-0.4, -0.2) is 46.9 Å². The number of nitro groups is 2. The number of hydrogen-bond acceptors (Lipinski definition) is 7. The number of benzene rings is 1. The molecule has 1 N–H and O–H groups in total. The zero-order chi connectivity index (χ0) is 16.1. The van der Waals surface area contributed by atoms with Gasteiger partial charge < -0.3 is 9.64 Å². The summed E-state index contributed by atoms with van der Waals surface area (Å²) in [7, 11) is 0. The Morgan fingerprint density at radius 2 is 1.95 bits per heavy atom. The van der Waals surface area contributed by atoms with Gasteiger partial charge in [0.15, 0.2) is 0 Å². The first-order valence-electron chi connectivity index (χ1n) is 6.55. The standard InChI is InChI=1S/C12H15N5O5/c1-9(15-4-6-22-7-5-15)13-14-11-3-2-10(16(18)19)8-12(11)17(20)21/h2-3,8,14H,4-7H2,1H3/b13-9+. The van der Waals surface area contributed by atoms with E-state index in [2.05, 4.69) is 10.5 Å². The Balaban J connectivity index is 2.17. The van der Waals surface area contributed by atoms with E-state index >= 15 is 0 Å². The summed E-state index contributed by atoms with van der Waals surface area (Å²) in [5.41, 5.74) is 1.96. The van der Waals surface area contributed by atoms with Gasteiger partial charge in [-0.25, -0.2) is 0 Å². The molecule has 0 radical (unpaired) electrons. The normalized spacial score (nSPS) is 15.5. The molecule has 1 aliphatic heterocycles. The topological polar surface area (TPSA) is 123 Å². The van der Waals surface area contributed by atoms with Gasteiger partial charge >= 0.3 is 5.69 Å². The van der Waals surface area contributed by atoms with Gasteiger partial charge in [0.05, 0.1) is 29.1 Å². The van der Waals surface area contributed by atoms with Crippen LogP contribution in [0.25, 0.3) is 0 Å². The van der Waals surface area contributed by atoms with Crippen molar-refractivity contribution < 1.29 is 14.6 Å². The maximum absolute atomic E-state index is 11.0. The van der Waals surface area contributed by atoms with Crippen LogP contribution in [0.15, 0.2) is 23.3 Å². The van der Waals surface area contributed by atoms with Crippen molar-refractivity contribution in [2.24, 2.45) is 5.10 Å². The SMILES string of the molecule is C/C(=N\Nc1ccc([N+](=O)[O-])cc1[N+](=O)[O-])N1CCOCC1. The summed E-state index contributed by atoms with van der Waals surface area (Å²) < 4.78 is 5.23.